The summed E-state index contributed by atoms with van der Waals surface area (Å²) in [6, 6.07) is 7.06. The number of amides is 1. The number of nitrogens with zero attached hydrogens (tertiary/aromatic N) is 1. The molecule has 0 saturated carbocycles. The lowest BCUT2D eigenvalue weighted by molar-refractivity contribution is -0.131. The Kier molecular flexibility index (Phi) is 5.24. The quantitative estimate of drug-likeness (QED) is 0.797. The highest BCUT2D eigenvalue weighted by molar-refractivity contribution is 9.11. The van der Waals surface area contributed by atoms with Gasteiger partial charge in [-0.15, -0.1) is 11.3 Å². The first-order valence-electron chi connectivity index (χ1n) is 5.94. The van der Waals surface area contributed by atoms with Gasteiger partial charge in [-0.25, -0.2) is 4.79 Å². The lowest BCUT2D eigenvalue weighted by Gasteiger charge is -2.03. The van der Waals surface area contributed by atoms with Crippen LogP contribution >= 0.6 is 27.3 Å². The second-order valence-corrected chi connectivity index (χ2v) is 6.58. The molecule has 21 heavy (non-hydrogen) atoms. The van der Waals surface area contributed by atoms with E-state index >= 15 is 0 Å². The van der Waals surface area contributed by atoms with Crippen LogP contribution in [-0.4, -0.2) is 22.0 Å². The molecule has 0 aliphatic carbocycles. The molecule has 2 aromatic heterocycles. The molecule has 0 fully saturated rings. The van der Waals surface area contributed by atoms with Crippen LogP contribution in [0.4, 0.5) is 0 Å². The zero-order chi connectivity index (χ0) is 15.2. The van der Waals surface area contributed by atoms with Crippen molar-refractivity contribution in [3.63, 3.8) is 0 Å². The van der Waals surface area contributed by atoms with Crippen LogP contribution in [0.3, 0.4) is 0 Å². The standard InChI is InChI=1S/C14H11BrN2O3S/c15-12-5-3-10(21-12)8-17-14(20)11-4-1-9(7-16-11)2-6-13(18)19/h1-7H,8H2,(H,17,20)(H,18,19). The second kappa shape index (κ2) is 7.14. The van der Waals surface area contributed by atoms with E-state index in [1.54, 1.807) is 23.5 Å². The SMILES string of the molecule is O=C(O)C=Cc1ccc(C(=O)NCc2ccc(Br)s2)nc1. The number of hydrogen-bond acceptors (Lipinski definition) is 4. The van der Waals surface area contributed by atoms with Crippen molar-refractivity contribution in [1.29, 1.82) is 0 Å². The van der Waals surface area contributed by atoms with E-state index < -0.39 is 5.97 Å². The molecular weight excluding hydrogens is 356 g/mol. The van der Waals surface area contributed by atoms with Crippen LogP contribution in [0.25, 0.3) is 6.08 Å². The highest BCUT2D eigenvalue weighted by Gasteiger charge is 2.07. The number of thiophene rings is 1. The van der Waals surface area contributed by atoms with E-state index in [9.17, 15) is 9.59 Å². The molecule has 0 atom stereocenters. The number of hydrogen-bond donors (Lipinski definition) is 2. The van der Waals surface area contributed by atoms with Gasteiger partial charge in [-0.3, -0.25) is 9.78 Å². The molecule has 0 saturated heterocycles. The minimum absolute atomic E-state index is 0.270. The maximum absolute atomic E-state index is 11.9. The third-order valence-corrected chi connectivity index (χ3v) is 4.11. The first-order valence-corrected chi connectivity index (χ1v) is 7.55. The number of halogens is 1. The van der Waals surface area contributed by atoms with Crippen molar-refractivity contribution in [2.75, 3.05) is 0 Å². The Hall–Kier alpha value is -1.99. The number of pyridine rings is 1. The number of rotatable bonds is 5. The van der Waals surface area contributed by atoms with Crippen molar-refractivity contribution in [2.24, 2.45) is 0 Å². The molecule has 0 aromatic carbocycles. The molecule has 7 heteroatoms. The van der Waals surface area contributed by atoms with Gasteiger partial charge in [-0.05, 0) is 45.8 Å². The van der Waals surface area contributed by atoms with Gasteiger partial charge in [-0.2, -0.15) is 0 Å². The van der Waals surface area contributed by atoms with Crippen LogP contribution in [0.1, 0.15) is 20.9 Å². The van der Waals surface area contributed by atoms with Crippen LogP contribution in [0.15, 0.2) is 40.3 Å². The number of carboxylic acids is 1. The number of aromatic nitrogens is 1. The smallest absolute Gasteiger partial charge is 0.328 e. The molecule has 0 bridgehead atoms. The first kappa shape index (κ1) is 15.4. The molecule has 0 radical (unpaired) electrons. The lowest BCUT2D eigenvalue weighted by atomic mass is 10.2. The molecule has 5 nitrogen and oxygen atoms in total. The largest absolute Gasteiger partial charge is 0.478 e. The van der Waals surface area contributed by atoms with E-state index in [-0.39, 0.29) is 11.6 Å². The molecular formula is C14H11BrN2O3S. The van der Waals surface area contributed by atoms with Gasteiger partial charge in [-0.1, -0.05) is 6.07 Å². The predicted octanol–water partition coefficient (Wildman–Crippen LogP) is 2.93. The minimum Gasteiger partial charge on any atom is -0.478 e. The summed E-state index contributed by atoms with van der Waals surface area (Å²) in [6.45, 7) is 0.442. The summed E-state index contributed by atoms with van der Waals surface area (Å²) in [5.74, 6) is -1.30. The van der Waals surface area contributed by atoms with Crippen LogP contribution in [0, 0.1) is 0 Å². The number of aliphatic carboxylic acids is 1. The molecule has 2 aromatic rings. The number of nitrogens with one attached hydrogen (secondary N) is 1. The van der Waals surface area contributed by atoms with E-state index in [2.05, 4.69) is 26.2 Å². The van der Waals surface area contributed by atoms with Gasteiger partial charge in [0.1, 0.15) is 5.69 Å². The summed E-state index contributed by atoms with van der Waals surface area (Å²) >= 11 is 4.92. The topological polar surface area (TPSA) is 79.3 Å². The molecule has 1 amide bonds. The summed E-state index contributed by atoms with van der Waals surface area (Å²) in [5.41, 5.74) is 0.911. The van der Waals surface area contributed by atoms with Crippen LogP contribution in [0.2, 0.25) is 0 Å². The zero-order valence-electron chi connectivity index (χ0n) is 10.7. The summed E-state index contributed by atoms with van der Waals surface area (Å²) < 4.78 is 1.01. The van der Waals surface area contributed by atoms with E-state index in [1.165, 1.54) is 12.3 Å². The number of carbonyl (C=O) groups excluding carboxylic acids is 1. The number of carbonyl (C=O) groups is 2. The maximum atomic E-state index is 11.9. The van der Waals surface area contributed by atoms with E-state index in [0.29, 0.717) is 12.1 Å². The fraction of sp³-hybridized carbons (Fsp3) is 0.0714. The van der Waals surface area contributed by atoms with E-state index in [4.69, 9.17) is 5.11 Å². The summed E-state index contributed by atoms with van der Waals surface area (Å²) in [5, 5.41) is 11.3. The average molecular weight is 367 g/mol. The van der Waals surface area contributed by atoms with Crippen LogP contribution in [0.5, 0.6) is 0 Å². The van der Waals surface area contributed by atoms with E-state index in [1.807, 2.05) is 12.1 Å². The van der Waals surface area contributed by atoms with Crippen molar-refractivity contribution < 1.29 is 14.7 Å². The normalized spacial score (nSPS) is 10.7. The minimum atomic E-state index is -1.03. The van der Waals surface area contributed by atoms with Crippen LogP contribution in [-0.2, 0) is 11.3 Å². The molecule has 2 heterocycles. The van der Waals surface area contributed by atoms with Crippen molar-refractivity contribution in [3.8, 4) is 0 Å². The summed E-state index contributed by atoms with van der Waals surface area (Å²) in [7, 11) is 0. The lowest BCUT2D eigenvalue weighted by Crippen LogP contribution is -2.23. The third-order valence-electron chi connectivity index (χ3n) is 2.49. The van der Waals surface area contributed by atoms with E-state index in [0.717, 1.165) is 14.7 Å². The molecule has 0 unspecified atom stereocenters. The molecule has 2 rings (SSSR count). The predicted molar refractivity (Wildman–Crippen MR) is 84.1 cm³/mol. The van der Waals surface area contributed by atoms with Crippen LogP contribution < -0.4 is 5.32 Å². The Morgan fingerprint density at radius 2 is 2.14 bits per heavy atom. The molecule has 0 aliphatic heterocycles. The average Bonchev–Trinajstić information content (AvgIpc) is 2.89. The van der Waals surface area contributed by atoms with Gasteiger partial charge in [0.25, 0.3) is 5.91 Å². The fourth-order valence-electron chi connectivity index (χ4n) is 1.51. The molecule has 108 valence electrons. The first-order chi connectivity index (χ1) is 10.0. The Morgan fingerprint density at radius 1 is 1.33 bits per heavy atom. The highest BCUT2D eigenvalue weighted by Crippen LogP contribution is 2.21. The monoisotopic (exact) mass is 366 g/mol. The Bertz CT molecular complexity index is 680. The van der Waals surface area contributed by atoms with Gasteiger partial charge in [0.2, 0.25) is 0 Å². The van der Waals surface area contributed by atoms with Crippen molar-refractivity contribution in [2.45, 2.75) is 6.54 Å². The summed E-state index contributed by atoms with van der Waals surface area (Å²) in [6.07, 6.45) is 3.89. The van der Waals surface area contributed by atoms with Crippen molar-refractivity contribution >= 4 is 45.2 Å². The zero-order valence-corrected chi connectivity index (χ0v) is 13.1. The second-order valence-electron chi connectivity index (χ2n) is 4.04. The maximum Gasteiger partial charge on any atom is 0.328 e. The molecule has 0 aliphatic rings. The Morgan fingerprint density at radius 3 is 2.71 bits per heavy atom. The van der Waals surface area contributed by atoms with Crippen molar-refractivity contribution in [3.05, 3.63) is 56.5 Å². The third kappa shape index (κ3) is 4.80. The van der Waals surface area contributed by atoms with Crippen molar-refractivity contribution in [1.82, 2.24) is 10.3 Å². The summed E-state index contributed by atoms with van der Waals surface area (Å²) in [4.78, 5) is 27.4. The van der Waals surface area contributed by atoms with Gasteiger partial charge in [0.05, 0.1) is 10.3 Å². The fourth-order valence-corrected chi connectivity index (χ4v) is 2.93. The van der Waals surface area contributed by atoms with Gasteiger partial charge >= 0.3 is 5.97 Å². The Balaban J connectivity index is 1.95. The van der Waals surface area contributed by atoms with Gasteiger partial charge in [0.15, 0.2) is 0 Å². The highest BCUT2D eigenvalue weighted by atomic mass is 79.9. The van der Waals surface area contributed by atoms with Gasteiger partial charge in [0, 0.05) is 17.2 Å². The molecule has 2 N–H and O–H groups in total. The Labute approximate surface area is 133 Å². The molecule has 0 spiro atoms. The number of carboxylic acid groups (broad SMARTS) is 1. The van der Waals surface area contributed by atoms with Gasteiger partial charge < -0.3 is 10.4 Å².